The Labute approximate surface area is 215 Å². The molecule has 3 rings (SSSR count). The second-order valence-electron chi connectivity index (χ2n) is 8.63. The molecule has 2 aromatic rings. The van der Waals surface area contributed by atoms with Gasteiger partial charge in [0.15, 0.2) is 5.96 Å². The number of rotatable bonds is 10. The van der Waals surface area contributed by atoms with Gasteiger partial charge in [-0.25, -0.2) is 0 Å². The Kier molecular flexibility index (Phi) is 11.7. The maximum Gasteiger partial charge on any atom is 0.222 e. The summed E-state index contributed by atoms with van der Waals surface area (Å²) in [5.41, 5.74) is 3.71. The van der Waals surface area contributed by atoms with Crippen molar-refractivity contribution < 1.29 is 4.79 Å². The van der Waals surface area contributed by atoms with Crippen LogP contribution in [0.3, 0.4) is 0 Å². The largest absolute Gasteiger partial charge is 0.356 e. The van der Waals surface area contributed by atoms with Crippen LogP contribution in [0.4, 0.5) is 0 Å². The minimum atomic E-state index is 0. The van der Waals surface area contributed by atoms with E-state index in [1.165, 1.54) is 16.7 Å². The Hall–Kier alpha value is -2.13. The summed E-state index contributed by atoms with van der Waals surface area (Å²) in [7, 11) is 3.98. The molecule has 1 amide bonds. The van der Waals surface area contributed by atoms with Gasteiger partial charge in [-0.1, -0.05) is 54.6 Å². The first-order valence-corrected chi connectivity index (χ1v) is 11.6. The molecule has 0 aliphatic carbocycles. The number of halogens is 1. The number of aliphatic imine (C=N–C) groups is 1. The Balaban J connectivity index is 0.00000385. The lowest BCUT2D eigenvalue weighted by molar-refractivity contribution is -0.128. The zero-order valence-corrected chi connectivity index (χ0v) is 22.4. The SMILES string of the molecule is CN=C(NCCC(C)N(C)Cc1ccccc1)NCc1ccc(CN2CCCC2=O)cc1.I. The highest BCUT2D eigenvalue weighted by Crippen LogP contribution is 2.15. The van der Waals surface area contributed by atoms with Gasteiger partial charge in [-0.05, 0) is 43.5 Å². The number of nitrogens with one attached hydrogen (secondary N) is 2. The maximum absolute atomic E-state index is 11.8. The fourth-order valence-electron chi connectivity index (χ4n) is 3.91. The number of carbonyl (C=O) groups excluding carboxylic acids is 1. The van der Waals surface area contributed by atoms with E-state index in [2.05, 4.69) is 89.1 Å². The van der Waals surface area contributed by atoms with Gasteiger partial charge in [0.2, 0.25) is 5.91 Å². The number of carbonyl (C=O) groups is 1. The van der Waals surface area contributed by atoms with Gasteiger partial charge in [-0.2, -0.15) is 0 Å². The molecule has 1 fully saturated rings. The lowest BCUT2D eigenvalue weighted by Crippen LogP contribution is -2.39. The molecule has 0 saturated carbocycles. The normalized spacial score (nSPS) is 14.8. The molecule has 0 spiro atoms. The predicted octanol–water partition coefficient (Wildman–Crippen LogP) is 4.00. The van der Waals surface area contributed by atoms with E-state index in [0.29, 0.717) is 25.6 Å². The smallest absolute Gasteiger partial charge is 0.222 e. The van der Waals surface area contributed by atoms with Crippen LogP contribution >= 0.6 is 24.0 Å². The predicted molar refractivity (Wildman–Crippen MR) is 147 cm³/mol. The van der Waals surface area contributed by atoms with Crippen molar-refractivity contribution in [1.82, 2.24) is 20.4 Å². The van der Waals surface area contributed by atoms with Crippen LogP contribution in [0.2, 0.25) is 0 Å². The quantitative estimate of drug-likeness (QED) is 0.261. The fourth-order valence-corrected chi connectivity index (χ4v) is 3.91. The van der Waals surface area contributed by atoms with Crippen LogP contribution in [0.25, 0.3) is 0 Å². The minimum Gasteiger partial charge on any atom is -0.356 e. The van der Waals surface area contributed by atoms with E-state index in [1.54, 1.807) is 7.05 Å². The monoisotopic (exact) mass is 563 g/mol. The number of likely N-dealkylation sites (tertiary alicyclic amines) is 1. The van der Waals surface area contributed by atoms with E-state index in [0.717, 1.165) is 38.4 Å². The van der Waals surface area contributed by atoms with Crippen LogP contribution in [0.15, 0.2) is 59.6 Å². The van der Waals surface area contributed by atoms with E-state index in [4.69, 9.17) is 0 Å². The number of benzene rings is 2. The summed E-state index contributed by atoms with van der Waals surface area (Å²) in [6, 6.07) is 19.5. The summed E-state index contributed by atoms with van der Waals surface area (Å²) in [6.07, 6.45) is 2.71. The highest BCUT2D eigenvalue weighted by Gasteiger charge is 2.19. The third kappa shape index (κ3) is 8.97. The highest BCUT2D eigenvalue weighted by atomic mass is 127. The number of nitrogens with zero attached hydrogens (tertiary/aromatic N) is 3. The van der Waals surface area contributed by atoms with Gasteiger partial charge in [0.05, 0.1) is 0 Å². The fraction of sp³-hybridized carbons (Fsp3) is 0.462. The van der Waals surface area contributed by atoms with Gasteiger partial charge in [-0.15, -0.1) is 24.0 Å². The maximum atomic E-state index is 11.8. The van der Waals surface area contributed by atoms with Crippen molar-refractivity contribution in [2.24, 2.45) is 4.99 Å². The number of guanidine groups is 1. The summed E-state index contributed by atoms with van der Waals surface area (Å²) >= 11 is 0. The van der Waals surface area contributed by atoms with E-state index in [9.17, 15) is 4.79 Å². The summed E-state index contributed by atoms with van der Waals surface area (Å²) in [5.74, 6) is 1.08. The van der Waals surface area contributed by atoms with Crippen molar-refractivity contribution in [3.05, 3.63) is 71.3 Å². The van der Waals surface area contributed by atoms with Crippen LogP contribution < -0.4 is 10.6 Å². The van der Waals surface area contributed by atoms with Crippen molar-refractivity contribution in [3.63, 3.8) is 0 Å². The van der Waals surface area contributed by atoms with Crippen LogP contribution in [-0.2, 0) is 24.4 Å². The highest BCUT2D eigenvalue weighted by molar-refractivity contribution is 14.0. The summed E-state index contributed by atoms with van der Waals surface area (Å²) in [6.45, 7) is 6.39. The molecule has 1 saturated heterocycles. The van der Waals surface area contributed by atoms with Crippen LogP contribution in [0, 0.1) is 0 Å². The molecule has 2 N–H and O–H groups in total. The molecule has 6 nitrogen and oxygen atoms in total. The molecule has 7 heteroatoms. The van der Waals surface area contributed by atoms with E-state index in [-0.39, 0.29) is 29.9 Å². The lowest BCUT2D eigenvalue weighted by Gasteiger charge is -2.25. The Morgan fingerprint density at radius 1 is 1.06 bits per heavy atom. The first-order chi connectivity index (χ1) is 15.5. The molecule has 2 aromatic carbocycles. The molecule has 1 unspecified atom stereocenters. The van der Waals surface area contributed by atoms with Crippen molar-refractivity contribution in [2.75, 3.05) is 27.2 Å². The molecular weight excluding hydrogens is 525 g/mol. The lowest BCUT2D eigenvalue weighted by atomic mass is 10.1. The molecule has 0 bridgehead atoms. The first-order valence-electron chi connectivity index (χ1n) is 11.6. The van der Waals surface area contributed by atoms with E-state index in [1.807, 2.05) is 4.90 Å². The number of hydrogen-bond acceptors (Lipinski definition) is 3. The van der Waals surface area contributed by atoms with Crippen LogP contribution in [0.1, 0.15) is 42.9 Å². The molecule has 180 valence electrons. The van der Waals surface area contributed by atoms with Gasteiger partial charge in [0, 0.05) is 52.2 Å². The average Bonchev–Trinajstić information content (AvgIpc) is 3.21. The molecule has 1 aliphatic heterocycles. The topological polar surface area (TPSA) is 60.0 Å². The zero-order valence-electron chi connectivity index (χ0n) is 20.1. The van der Waals surface area contributed by atoms with Crippen LogP contribution in [0.5, 0.6) is 0 Å². The molecule has 1 heterocycles. The number of amides is 1. The summed E-state index contributed by atoms with van der Waals surface area (Å²) < 4.78 is 0. The van der Waals surface area contributed by atoms with Gasteiger partial charge >= 0.3 is 0 Å². The average molecular weight is 564 g/mol. The van der Waals surface area contributed by atoms with Crippen molar-refractivity contribution in [1.29, 1.82) is 0 Å². The summed E-state index contributed by atoms with van der Waals surface area (Å²) in [4.78, 5) is 20.5. The molecule has 1 atom stereocenters. The van der Waals surface area contributed by atoms with Gasteiger partial charge in [-0.3, -0.25) is 14.7 Å². The first kappa shape index (κ1) is 27.1. The van der Waals surface area contributed by atoms with Gasteiger partial charge in [0.25, 0.3) is 0 Å². The minimum absolute atomic E-state index is 0. The van der Waals surface area contributed by atoms with E-state index < -0.39 is 0 Å². The van der Waals surface area contributed by atoms with Crippen LogP contribution in [-0.4, -0.2) is 54.9 Å². The Bertz CT molecular complexity index is 872. The molecule has 1 aliphatic rings. The van der Waals surface area contributed by atoms with Crippen molar-refractivity contribution >= 4 is 35.8 Å². The van der Waals surface area contributed by atoms with Crippen molar-refractivity contribution in [2.45, 2.75) is 51.9 Å². The van der Waals surface area contributed by atoms with Gasteiger partial charge < -0.3 is 15.5 Å². The molecular formula is C26H38IN5O. The third-order valence-corrected chi connectivity index (χ3v) is 6.13. The second kappa shape index (κ2) is 14.2. The Morgan fingerprint density at radius 2 is 1.76 bits per heavy atom. The summed E-state index contributed by atoms with van der Waals surface area (Å²) in [5, 5.41) is 6.81. The second-order valence-corrected chi connectivity index (χ2v) is 8.63. The Morgan fingerprint density at radius 3 is 2.39 bits per heavy atom. The molecule has 0 aromatic heterocycles. The van der Waals surface area contributed by atoms with Gasteiger partial charge in [0.1, 0.15) is 0 Å². The third-order valence-electron chi connectivity index (χ3n) is 6.13. The standard InChI is InChI=1S/C26H37N5O.HI/c1-21(30(3)19-23-8-5-4-6-9-23)15-16-28-26(27-2)29-18-22-11-13-24(14-12-22)20-31-17-7-10-25(31)32;/h4-6,8-9,11-14,21H,7,10,15-20H2,1-3H3,(H2,27,28,29);1H. The van der Waals surface area contributed by atoms with Crippen molar-refractivity contribution in [3.8, 4) is 0 Å². The zero-order chi connectivity index (χ0) is 22.8. The van der Waals surface area contributed by atoms with E-state index >= 15 is 0 Å². The molecule has 0 radical (unpaired) electrons. The number of hydrogen-bond donors (Lipinski definition) is 2. The molecule has 33 heavy (non-hydrogen) atoms.